The van der Waals surface area contributed by atoms with Crippen molar-refractivity contribution < 1.29 is 9.90 Å². The van der Waals surface area contributed by atoms with Crippen LogP contribution in [0.2, 0.25) is 0 Å². The third-order valence-corrected chi connectivity index (χ3v) is 5.40. The van der Waals surface area contributed by atoms with Crippen molar-refractivity contribution in [2.24, 2.45) is 5.92 Å². The first-order chi connectivity index (χ1) is 10.7. The Morgan fingerprint density at radius 3 is 2.82 bits per heavy atom. The molecule has 3 heteroatoms. The van der Waals surface area contributed by atoms with Crippen LogP contribution in [0.25, 0.3) is 0 Å². The van der Waals surface area contributed by atoms with Crippen LogP contribution in [0.4, 0.5) is 0 Å². The van der Waals surface area contributed by atoms with E-state index >= 15 is 0 Å². The van der Waals surface area contributed by atoms with E-state index in [1.807, 2.05) is 0 Å². The molecule has 1 aliphatic heterocycles. The Balaban J connectivity index is 1.78. The third kappa shape index (κ3) is 3.19. The summed E-state index contributed by atoms with van der Waals surface area (Å²) in [5, 5.41) is 9.61. The fraction of sp³-hybridized carbons (Fsp3) is 0.632. The largest absolute Gasteiger partial charge is 0.480 e. The van der Waals surface area contributed by atoms with Gasteiger partial charge in [-0.2, -0.15) is 0 Å². The summed E-state index contributed by atoms with van der Waals surface area (Å²) >= 11 is 0. The van der Waals surface area contributed by atoms with Crippen molar-refractivity contribution in [3.8, 4) is 0 Å². The Morgan fingerprint density at radius 1 is 1.27 bits per heavy atom. The second-order valence-electron chi connectivity index (χ2n) is 6.94. The topological polar surface area (TPSA) is 40.5 Å². The lowest BCUT2D eigenvalue weighted by molar-refractivity contribution is -0.142. The van der Waals surface area contributed by atoms with Crippen LogP contribution in [-0.4, -0.2) is 28.1 Å². The number of benzene rings is 1. The Hall–Kier alpha value is -1.35. The first-order valence-corrected chi connectivity index (χ1v) is 8.75. The highest BCUT2D eigenvalue weighted by Gasteiger charge is 2.44. The summed E-state index contributed by atoms with van der Waals surface area (Å²) in [5.74, 6) is -0.0483. The predicted octanol–water partition coefficient (Wildman–Crippen LogP) is 3.86. The SMILES string of the molecule is CCCc1cccc(CN2C(C(=O)O)CC3CCCCC32)c1. The van der Waals surface area contributed by atoms with Crippen LogP contribution in [0, 0.1) is 5.92 Å². The maximum atomic E-state index is 11.7. The zero-order chi connectivity index (χ0) is 15.5. The Bertz CT molecular complexity index is 528. The minimum atomic E-state index is -0.640. The fourth-order valence-electron chi connectivity index (χ4n) is 4.41. The third-order valence-electron chi connectivity index (χ3n) is 5.40. The summed E-state index contributed by atoms with van der Waals surface area (Å²) in [5.41, 5.74) is 2.63. The van der Waals surface area contributed by atoms with Crippen molar-refractivity contribution in [3.05, 3.63) is 35.4 Å². The normalized spacial score (nSPS) is 28.5. The number of carboxylic acid groups (broad SMARTS) is 1. The molecule has 1 aromatic rings. The highest BCUT2D eigenvalue weighted by atomic mass is 16.4. The molecule has 3 nitrogen and oxygen atoms in total. The molecule has 2 fully saturated rings. The van der Waals surface area contributed by atoms with E-state index in [9.17, 15) is 9.90 Å². The van der Waals surface area contributed by atoms with Crippen LogP contribution in [-0.2, 0) is 17.8 Å². The monoisotopic (exact) mass is 301 g/mol. The smallest absolute Gasteiger partial charge is 0.320 e. The molecule has 1 aliphatic carbocycles. The summed E-state index contributed by atoms with van der Waals surface area (Å²) in [6.07, 6.45) is 7.99. The van der Waals surface area contributed by atoms with Gasteiger partial charge in [0, 0.05) is 12.6 Å². The quantitative estimate of drug-likeness (QED) is 0.898. The predicted molar refractivity (Wildman–Crippen MR) is 87.8 cm³/mol. The summed E-state index contributed by atoms with van der Waals surface area (Å²) in [7, 11) is 0. The number of rotatable bonds is 5. The fourth-order valence-corrected chi connectivity index (χ4v) is 4.41. The van der Waals surface area contributed by atoms with Gasteiger partial charge in [0.25, 0.3) is 0 Å². The number of carbonyl (C=O) groups is 1. The molecule has 1 heterocycles. The molecule has 0 spiro atoms. The molecule has 3 rings (SSSR count). The number of hydrogen-bond acceptors (Lipinski definition) is 2. The molecular weight excluding hydrogens is 274 g/mol. The van der Waals surface area contributed by atoms with Gasteiger partial charge in [-0.15, -0.1) is 0 Å². The van der Waals surface area contributed by atoms with Gasteiger partial charge in [-0.1, -0.05) is 50.5 Å². The van der Waals surface area contributed by atoms with E-state index < -0.39 is 5.97 Å². The first-order valence-electron chi connectivity index (χ1n) is 8.75. The van der Waals surface area contributed by atoms with Gasteiger partial charge in [0.1, 0.15) is 6.04 Å². The van der Waals surface area contributed by atoms with Gasteiger partial charge in [0.2, 0.25) is 0 Å². The average molecular weight is 301 g/mol. The highest BCUT2D eigenvalue weighted by Crippen LogP contribution is 2.40. The van der Waals surface area contributed by atoms with Gasteiger partial charge in [-0.25, -0.2) is 0 Å². The van der Waals surface area contributed by atoms with E-state index in [4.69, 9.17) is 0 Å². The van der Waals surface area contributed by atoms with Gasteiger partial charge < -0.3 is 5.11 Å². The number of hydrogen-bond donors (Lipinski definition) is 1. The molecule has 1 N–H and O–H groups in total. The average Bonchev–Trinajstić information content (AvgIpc) is 2.87. The van der Waals surface area contributed by atoms with E-state index in [-0.39, 0.29) is 6.04 Å². The molecule has 120 valence electrons. The van der Waals surface area contributed by atoms with Gasteiger partial charge in [0.05, 0.1) is 0 Å². The van der Waals surface area contributed by atoms with Crippen LogP contribution in [0.3, 0.4) is 0 Å². The van der Waals surface area contributed by atoms with E-state index in [0.717, 1.165) is 25.8 Å². The summed E-state index contributed by atoms with van der Waals surface area (Å²) in [4.78, 5) is 13.9. The molecule has 0 radical (unpaired) electrons. The first kappa shape index (κ1) is 15.5. The van der Waals surface area contributed by atoms with Gasteiger partial charge in [0.15, 0.2) is 0 Å². The molecule has 1 aromatic carbocycles. The summed E-state index contributed by atoms with van der Waals surface area (Å²) < 4.78 is 0. The van der Waals surface area contributed by atoms with Crippen LogP contribution >= 0.6 is 0 Å². The van der Waals surface area contributed by atoms with E-state index in [1.54, 1.807) is 0 Å². The van der Waals surface area contributed by atoms with Crippen molar-refractivity contribution in [3.63, 3.8) is 0 Å². The standard InChI is InChI=1S/C19H27NO2/c1-2-6-14-7-5-8-15(11-14)13-20-17-10-4-3-9-16(17)12-18(20)19(21)22/h5,7-8,11,16-18H,2-4,6,9-10,12-13H2,1H3,(H,21,22). The van der Waals surface area contributed by atoms with Crippen LogP contribution < -0.4 is 0 Å². The van der Waals surface area contributed by atoms with Crippen molar-refractivity contribution >= 4 is 5.97 Å². The molecule has 0 aromatic heterocycles. The summed E-state index contributed by atoms with van der Waals surface area (Å²) in [6.45, 7) is 2.98. The highest BCUT2D eigenvalue weighted by molar-refractivity contribution is 5.74. The molecule has 22 heavy (non-hydrogen) atoms. The molecule has 0 amide bonds. The molecule has 3 unspecified atom stereocenters. The molecule has 3 atom stereocenters. The Morgan fingerprint density at radius 2 is 2.05 bits per heavy atom. The van der Waals surface area contributed by atoms with Crippen molar-refractivity contribution in [2.45, 2.75) is 70.5 Å². The maximum absolute atomic E-state index is 11.7. The number of nitrogens with zero attached hydrogens (tertiary/aromatic N) is 1. The van der Waals surface area contributed by atoms with E-state index in [1.165, 1.54) is 36.8 Å². The van der Waals surface area contributed by atoms with Gasteiger partial charge >= 0.3 is 5.97 Å². The second-order valence-corrected chi connectivity index (χ2v) is 6.94. The van der Waals surface area contributed by atoms with Crippen LogP contribution in [0.1, 0.15) is 56.6 Å². The minimum Gasteiger partial charge on any atom is -0.480 e. The lowest BCUT2D eigenvalue weighted by Gasteiger charge is -2.33. The Kier molecular flexibility index (Phi) is 4.82. The number of aliphatic carboxylic acids is 1. The molecule has 1 saturated heterocycles. The number of carboxylic acids is 1. The van der Waals surface area contributed by atoms with Crippen molar-refractivity contribution in [1.29, 1.82) is 0 Å². The van der Waals surface area contributed by atoms with Crippen LogP contribution in [0.15, 0.2) is 24.3 Å². The zero-order valence-corrected chi connectivity index (χ0v) is 13.5. The van der Waals surface area contributed by atoms with Crippen molar-refractivity contribution in [1.82, 2.24) is 4.90 Å². The van der Waals surface area contributed by atoms with Gasteiger partial charge in [-0.05, 0) is 42.7 Å². The second kappa shape index (κ2) is 6.82. The lowest BCUT2D eigenvalue weighted by atomic mass is 9.84. The number of likely N-dealkylation sites (tertiary alicyclic amines) is 1. The molecule has 2 aliphatic rings. The van der Waals surface area contributed by atoms with Gasteiger partial charge in [-0.3, -0.25) is 9.69 Å². The van der Waals surface area contributed by atoms with E-state index in [2.05, 4.69) is 36.1 Å². The van der Waals surface area contributed by atoms with E-state index in [0.29, 0.717) is 12.0 Å². The lowest BCUT2D eigenvalue weighted by Crippen LogP contribution is -2.41. The van der Waals surface area contributed by atoms with Crippen molar-refractivity contribution in [2.75, 3.05) is 0 Å². The minimum absolute atomic E-state index is 0.289. The number of aryl methyl sites for hydroxylation is 1. The van der Waals surface area contributed by atoms with Crippen LogP contribution in [0.5, 0.6) is 0 Å². The molecule has 0 bridgehead atoms. The summed E-state index contributed by atoms with van der Waals surface area (Å²) in [6, 6.07) is 8.89. The zero-order valence-electron chi connectivity index (χ0n) is 13.5. The molecular formula is C19H27NO2. The molecule has 1 saturated carbocycles. The number of fused-ring (bicyclic) bond motifs is 1. The maximum Gasteiger partial charge on any atom is 0.320 e. The Labute approximate surface area is 133 Å².